The predicted octanol–water partition coefficient (Wildman–Crippen LogP) is 3.42. The summed E-state index contributed by atoms with van der Waals surface area (Å²) in [5.74, 6) is 0.0483. The Morgan fingerprint density at radius 1 is 0.800 bits per heavy atom. The SMILES string of the molecule is O=C(c1c(-c2ccccc2)cc(=O)n2c1CCC2)N1CCN(c2ccccc2)CC1. The third kappa shape index (κ3) is 3.30. The second kappa shape index (κ2) is 7.82. The summed E-state index contributed by atoms with van der Waals surface area (Å²) in [6.45, 7) is 3.68. The Morgan fingerprint density at radius 3 is 2.17 bits per heavy atom. The number of nitrogens with zero attached hydrogens (tertiary/aromatic N) is 3. The van der Waals surface area contributed by atoms with Crippen LogP contribution in [0.15, 0.2) is 71.5 Å². The van der Waals surface area contributed by atoms with E-state index < -0.39 is 0 Å². The predicted molar refractivity (Wildman–Crippen MR) is 119 cm³/mol. The summed E-state index contributed by atoms with van der Waals surface area (Å²) in [4.78, 5) is 30.7. The molecule has 1 fully saturated rings. The van der Waals surface area contributed by atoms with E-state index in [0.29, 0.717) is 25.2 Å². The van der Waals surface area contributed by atoms with Gasteiger partial charge in [-0.25, -0.2) is 0 Å². The first-order valence-corrected chi connectivity index (χ1v) is 10.6. The van der Waals surface area contributed by atoms with Gasteiger partial charge in [0.2, 0.25) is 0 Å². The Kier molecular flexibility index (Phi) is 4.87. The van der Waals surface area contributed by atoms with E-state index in [0.717, 1.165) is 42.8 Å². The molecule has 0 unspecified atom stereocenters. The zero-order chi connectivity index (χ0) is 20.5. The maximum absolute atomic E-state index is 13.7. The highest BCUT2D eigenvalue weighted by molar-refractivity contribution is 6.02. The number of hydrogen-bond donors (Lipinski definition) is 0. The lowest BCUT2D eigenvalue weighted by molar-refractivity contribution is 0.0745. The van der Waals surface area contributed by atoms with Crippen LogP contribution in [-0.4, -0.2) is 41.6 Å². The normalized spacial score (nSPS) is 15.9. The number of rotatable bonds is 3. The minimum absolute atomic E-state index is 0.00759. The van der Waals surface area contributed by atoms with Gasteiger partial charge in [0.05, 0.1) is 5.56 Å². The molecule has 2 aliphatic rings. The first-order chi connectivity index (χ1) is 14.7. The number of anilines is 1. The molecule has 5 nitrogen and oxygen atoms in total. The fourth-order valence-electron chi connectivity index (χ4n) is 4.66. The van der Waals surface area contributed by atoms with Crippen molar-refractivity contribution in [3.05, 3.63) is 88.3 Å². The Hall–Kier alpha value is -3.34. The van der Waals surface area contributed by atoms with E-state index in [1.807, 2.05) is 53.4 Å². The molecular weight excluding hydrogens is 374 g/mol. The van der Waals surface area contributed by atoms with Gasteiger partial charge in [0.15, 0.2) is 0 Å². The van der Waals surface area contributed by atoms with Crippen LogP contribution in [0, 0.1) is 0 Å². The second-order valence-corrected chi connectivity index (χ2v) is 7.95. The van der Waals surface area contributed by atoms with Crippen molar-refractivity contribution in [1.29, 1.82) is 0 Å². The number of pyridine rings is 1. The van der Waals surface area contributed by atoms with Crippen molar-refractivity contribution >= 4 is 11.6 Å². The van der Waals surface area contributed by atoms with Gasteiger partial charge in [-0.05, 0) is 30.5 Å². The molecule has 0 atom stereocenters. The first kappa shape index (κ1) is 18.7. The number of hydrogen-bond acceptors (Lipinski definition) is 3. The maximum Gasteiger partial charge on any atom is 0.256 e. The lowest BCUT2D eigenvalue weighted by Gasteiger charge is -2.36. The van der Waals surface area contributed by atoms with E-state index in [9.17, 15) is 9.59 Å². The van der Waals surface area contributed by atoms with Gasteiger partial charge >= 0.3 is 0 Å². The number of aromatic nitrogens is 1. The molecule has 0 spiro atoms. The highest BCUT2D eigenvalue weighted by Crippen LogP contribution is 2.30. The number of amides is 1. The molecule has 1 aromatic heterocycles. The summed E-state index contributed by atoms with van der Waals surface area (Å²) in [7, 11) is 0. The Balaban J connectivity index is 1.48. The van der Waals surface area contributed by atoms with E-state index in [1.165, 1.54) is 5.69 Å². The summed E-state index contributed by atoms with van der Waals surface area (Å²) in [5, 5.41) is 0. The van der Waals surface area contributed by atoms with E-state index in [1.54, 1.807) is 10.6 Å². The molecule has 3 aromatic rings. The molecule has 2 aromatic carbocycles. The lowest BCUT2D eigenvalue weighted by atomic mass is 9.96. The monoisotopic (exact) mass is 399 g/mol. The van der Waals surface area contributed by atoms with Crippen molar-refractivity contribution in [3.63, 3.8) is 0 Å². The minimum atomic E-state index is -0.00759. The molecule has 0 saturated carbocycles. The standard InChI is InChI=1S/C25H25N3O2/c29-23-18-21(19-8-3-1-4-9-19)24(22-12-7-13-28(22)23)25(30)27-16-14-26(15-17-27)20-10-5-2-6-11-20/h1-6,8-11,18H,7,12-17H2. The smallest absolute Gasteiger partial charge is 0.256 e. The molecule has 1 amide bonds. The Bertz CT molecular complexity index is 1110. The fourth-order valence-corrected chi connectivity index (χ4v) is 4.66. The van der Waals surface area contributed by atoms with E-state index in [2.05, 4.69) is 17.0 Å². The minimum Gasteiger partial charge on any atom is -0.368 e. The maximum atomic E-state index is 13.7. The van der Waals surface area contributed by atoms with Crippen LogP contribution in [0.25, 0.3) is 11.1 Å². The van der Waals surface area contributed by atoms with Gasteiger partial charge in [-0.3, -0.25) is 9.59 Å². The van der Waals surface area contributed by atoms with Crippen molar-refractivity contribution in [2.75, 3.05) is 31.1 Å². The molecule has 2 aliphatic heterocycles. The molecule has 0 radical (unpaired) electrons. The molecule has 1 saturated heterocycles. The van der Waals surface area contributed by atoms with Crippen molar-refractivity contribution in [2.45, 2.75) is 19.4 Å². The molecule has 0 bridgehead atoms. The van der Waals surface area contributed by atoms with Crippen LogP contribution in [0.4, 0.5) is 5.69 Å². The van der Waals surface area contributed by atoms with Gasteiger partial charge in [0.25, 0.3) is 11.5 Å². The van der Waals surface area contributed by atoms with Crippen molar-refractivity contribution < 1.29 is 4.79 Å². The molecule has 5 heteroatoms. The van der Waals surface area contributed by atoms with Gasteiger partial charge in [-0.2, -0.15) is 0 Å². The van der Waals surface area contributed by atoms with Gasteiger partial charge in [0.1, 0.15) is 0 Å². The second-order valence-electron chi connectivity index (χ2n) is 7.95. The van der Waals surface area contributed by atoms with Crippen LogP contribution in [0.3, 0.4) is 0 Å². The Morgan fingerprint density at radius 2 is 1.47 bits per heavy atom. The van der Waals surface area contributed by atoms with Crippen molar-refractivity contribution in [2.24, 2.45) is 0 Å². The number of benzene rings is 2. The quantitative estimate of drug-likeness (QED) is 0.678. The van der Waals surface area contributed by atoms with Crippen LogP contribution in [0.2, 0.25) is 0 Å². The molecule has 152 valence electrons. The molecule has 30 heavy (non-hydrogen) atoms. The molecule has 5 rings (SSSR count). The summed E-state index contributed by atoms with van der Waals surface area (Å²) in [6.07, 6.45) is 1.69. The van der Waals surface area contributed by atoms with Gasteiger partial charge in [-0.15, -0.1) is 0 Å². The number of carbonyl (C=O) groups excluding carboxylic acids is 1. The van der Waals surface area contributed by atoms with Crippen LogP contribution in [0.1, 0.15) is 22.5 Å². The molecule has 0 aliphatic carbocycles. The van der Waals surface area contributed by atoms with Crippen LogP contribution in [-0.2, 0) is 13.0 Å². The Labute approximate surface area is 176 Å². The highest BCUT2D eigenvalue weighted by Gasteiger charge is 2.30. The van der Waals surface area contributed by atoms with Crippen LogP contribution < -0.4 is 10.5 Å². The molecular formula is C25H25N3O2. The largest absolute Gasteiger partial charge is 0.368 e. The first-order valence-electron chi connectivity index (χ1n) is 10.6. The average Bonchev–Trinajstić information content (AvgIpc) is 3.30. The number of fused-ring (bicyclic) bond motifs is 1. The third-order valence-corrected chi connectivity index (χ3v) is 6.20. The zero-order valence-corrected chi connectivity index (χ0v) is 17.0. The molecule has 3 heterocycles. The summed E-state index contributed by atoms with van der Waals surface area (Å²) in [6, 6.07) is 21.8. The summed E-state index contributed by atoms with van der Waals surface area (Å²) >= 11 is 0. The number of piperazine rings is 1. The average molecular weight is 399 g/mol. The fraction of sp³-hybridized carbons (Fsp3) is 0.280. The van der Waals surface area contributed by atoms with Crippen molar-refractivity contribution in [3.8, 4) is 11.1 Å². The van der Waals surface area contributed by atoms with E-state index in [4.69, 9.17) is 0 Å². The third-order valence-electron chi connectivity index (χ3n) is 6.20. The molecule has 0 N–H and O–H groups in total. The van der Waals surface area contributed by atoms with Gasteiger partial charge in [0, 0.05) is 55.7 Å². The number of para-hydroxylation sites is 1. The van der Waals surface area contributed by atoms with Crippen LogP contribution >= 0.6 is 0 Å². The van der Waals surface area contributed by atoms with Gasteiger partial charge in [-0.1, -0.05) is 48.5 Å². The summed E-state index contributed by atoms with van der Waals surface area (Å²) < 4.78 is 1.79. The van der Waals surface area contributed by atoms with Crippen LogP contribution in [0.5, 0.6) is 0 Å². The van der Waals surface area contributed by atoms with E-state index >= 15 is 0 Å². The zero-order valence-electron chi connectivity index (χ0n) is 17.0. The number of carbonyl (C=O) groups is 1. The lowest BCUT2D eigenvalue weighted by Crippen LogP contribution is -2.49. The highest BCUT2D eigenvalue weighted by atomic mass is 16.2. The van der Waals surface area contributed by atoms with Gasteiger partial charge < -0.3 is 14.4 Å². The summed E-state index contributed by atoms with van der Waals surface area (Å²) in [5.41, 5.74) is 4.50. The topological polar surface area (TPSA) is 45.6 Å². The van der Waals surface area contributed by atoms with E-state index in [-0.39, 0.29) is 11.5 Å². The van der Waals surface area contributed by atoms with Crippen molar-refractivity contribution in [1.82, 2.24) is 9.47 Å².